The summed E-state index contributed by atoms with van der Waals surface area (Å²) < 4.78 is 5.35. The smallest absolute Gasteiger partial charge is 0.410 e. The molecule has 0 bridgehead atoms. The second kappa shape index (κ2) is 9.87. The number of rotatable bonds is 6. The van der Waals surface area contributed by atoms with Gasteiger partial charge in [0.2, 0.25) is 5.13 Å². The van der Waals surface area contributed by atoms with E-state index < -0.39 is 5.60 Å². The van der Waals surface area contributed by atoms with E-state index in [1.807, 2.05) is 27.7 Å². The second-order valence-electron chi connectivity index (χ2n) is 7.72. The minimum absolute atomic E-state index is 0.327. The van der Waals surface area contributed by atoms with E-state index in [1.54, 1.807) is 4.90 Å². The average Bonchev–Trinajstić information content (AvgIpc) is 3.06. The van der Waals surface area contributed by atoms with Crippen LogP contribution in [-0.2, 0) is 4.74 Å². The molecule has 0 atom stereocenters. The predicted molar refractivity (Wildman–Crippen MR) is 106 cm³/mol. The molecular weight excluding hydrogens is 366 g/mol. The summed E-state index contributed by atoms with van der Waals surface area (Å²) in [7, 11) is 0. The lowest BCUT2D eigenvalue weighted by atomic mass is 9.90. The fourth-order valence-electron chi connectivity index (χ4n) is 2.95. The summed E-state index contributed by atoms with van der Waals surface area (Å²) in [5, 5.41) is 15.3. The molecule has 3 amide bonds. The molecule has 0 saturated heterocycles. The van der Waals surface area contributed by atoms with Crippen molar-refractivity contribution >= 4 is 28.6 Å². The van der Waals surface area contributed by atoms with Gasteiger partial charge in [-0.15, -0.1) is 10.2 Å². The van der Waals surface area contributed by atoms with Crippen LogP contribution in [0.3, 0.4) is 0 Å². The zero-order valence-electron chi connectivity index (χ0n) is 16.7. The fraction of sp³-hybridized carbons (Fsp3) is 0.778. The van der Waals surface area contributed by atoms with Crippen LogP contribution in [0.15, 0.2) is 0 Å². The molecule has 2 N–H and O–H groups in total. The maximum absolute atomic E-state index is 12.1. The number of carbonyl (C=O) groups excluding carboxylic acids is 2. The number of anilines is 1. The minimum Gasteiger partial charge on any atom is -0.444 e. The van der Waals surface area contributed by atoms with Crippen LogP contribution < -0.4 is 10.6 Å². The molecule has 0 radical (unpaired) electrons. The maximum atomic E-state index is 12.1. The molecule has 1 fully saturated rings. The fourth-order valence-corrected chi connectivity index (χ4v) is 3.86. The van der Waals surface area contributed by atoms with Crippen LogP contribution in [-0.4, -0.2) is 52.5 Å². The summed E-state index contributed by atoms with van der Waals surface area (Å²) in [5.41, 5.74) is -0.539. The summed E-state index contributed by atoms with van der Waals surface area (Å²) in [6.07, 6.45) is 5.68. The summed E-state index contributed by atoms with van der Waals surface area (Å²) in [4.78, 5) is 25.7. The molecule has 1 heterocycles. The van der Waals surface area contributed by atoms with Crippen molar-refractivity contribution in [3.8, 4) is 0 Å². The molecule has 1 aromatic heterocycles. The van der Waals surface area contributed by atoms with E-state index in [9.17, 15) is 9.59 Å². The van der Waals surface area contributed by atoms with Gasteiger partial charge in [-0.25, -0.2) is 9.59 Å². The number of aromatic nitrogens is 2. The molecule has 9 heteroatoms. The Morgan fingerprint density at radius 1 is 1.22 bits per heavy atom. The van der Waals surface area contributed by atoms with Gasteiger partial charge in [-0.1, -0.05) is 30.6 Å². The zero-order chi connectivity index (χ0) is 19.9. The standard InChI is InChI=1S/C18H31N5O3S/c1-5-23(17(25)26-18(2,3)4)12-11-19-15(24)20-16-22-21-14(27-16)13-9-7-6-8-10-13/h13H,5-12H2,1-4H3,(H2,19,20,22,24). The highest BCUT2D eigenvalue weighted by atomic mass is 32.1. The highest BCUT2D eigenvalue weighted by Gasteiger charge is 2.22. The van der Waals surface area contributed by atoms with Crippen LogP contribution in [0.1, 0.15) is 70.7 Å². The van der Waals surface area contributed by atoms with Gasteiger partial charge in [0.1, 0.15) is 10.6 Å². The number of hydrogen-bond donors (Lipinski definition) is 2. The molecule has 0 spiro atoms. The Morgan fingerprint density at radius 2 is 1.93 bits per heavy atom. The van der Waals surface area contributed by atoms with Gasteiger partial charge in [0.05, 0.1) is 0 Å². The van der Waals surface area contributed by atoms with Crippen LogP contribution in [0, 0.1) is 0 Å². The number of carbonyl (C=O) groups is 2. The molecule has 27 heavy (non-hydrogen) atoms. The molecule has 8 nitrogen and oxygen atoms in total. The third-order valence-electron chi connectivity index (χ3n) is 4.32. The van der Waals surface area contributed by atoms with Gasteiger partial charge in [-0.2, -0.15) is 0 Å². The first-order valence-electron chi connectivity index (χ1n) is 9.64. The highest BCUT2D eigenvalue weighted by molar-refractivity contribution is 7.15. The Hall–Kier alpha value is -1.90. The van der Waals surface area contributed by atoms with Gasteiger partial charge in [0.25, 0.3) is 0 Å². The Bertz CT molecular complexity index is 623. The number of hydrogen-bond acceptors (Lipinski definition) is 6. The molecule has 152 valence electrons. The topological polar surface area (TPSA) is 96.5 Å². The van der Waals surface area contributed by atoms with E-state index in [-0.39, 0.29) is 12.1 Å². The molecule has 1 aromatic rings. The van der Waals surface area contributed by atoms with Crippen LogP contribution in [0.2, 0.25) is 0 Å². The first-order valence-corrected chi connectivity index (χ1v) is 10.5. The van der Waals surface area contributed by atoms with Crippen molar-refractivity contribution in [3.63, 3.8) is 0 Å². The molecule has 0 aliphatic heterocycles. The van der Waals surface area contributed by atoms with Crippen LogP contribution >= 0.6 is 11.3 Å². The quantitative estimate of drug-likeness (QED) is 0.757. The van der Waals surface area contributed by atoms with Crippen LogP contribution in [0.5, 0.6) is 0 Å². The van der Waals surface area contributed by atoms with Crippen molar-refractivity contribution < 1.29 is 14.3 Å². The molecule has 1 aliphatic rings. The third-order valence-corrected chi connectivity index (χ3v) is 5.32. The van der Waals surface area contributed by atoms with Gasteiger partial charge in [-0.3, -0.25) is 5.32 Å². The number of nitrogens with one attached hydrogen (secondary N) is 2. The molecule has 1 aliphatic carbocycles. The normalized spacial score (nSPS) is 15.3. The van der Waals surface area contributed by atoms with Gasteiger partial charge in [0.15, 0.2) is 0 Å². The Labute approximate surface area is 165 Å². The van der Waals surface area contributed by atoms with E-state index in [4.69, 9.17) is 4.74 Å². The third kappa shape index (κ3) is 7.32. The Balaban J connectivity index is 1.74. The average molecular weight is 398 g/mol. The van der Waals surface area contributed by atoms with E-state index in [1.165, 1.54) is 30.6 Å². The van der Waals surface area contributed by atoms with Crippen molar-refractivity contribution in [1.29, 1.82) is 0 Å². The maximum Gasteiger partial charge on any atom is 0.410 e. The number of urea groups is 1. The number of likely N-dealkylation sites (N-methyl/N-ethyl adjacent to an activating group) is 1. The molecule has 2 rings (SSSR count). The van der Waals surface area contributed by atoms with Crippen LogP contribution in [0.25, 0.3) is 0 Å². The van der Waals surface area contributed by atoms with Crippen molar-refractivity contribution in [2.45, 2.75) is 71.3 Å². The lowest BCUT2D eigenvalue weighted by molar-refractivity contribution is 0.0263. The molecule has 0 aromatic carbocycles. The highest BCUT2D eigenvalue weighted by Crippen LogP contribution is 2.35. The van der Waals surface area contributed by atoms with Gasteiger partial charge < -0.3 is 15.0 Å². The number of ether oxygens (including phenoxy) is 1. The van der Waals surface area contributed by atoms with Crippen molar-refractivity contribution in [1.82, 2.24) is 20.4 Å². The van der Waals surface area contributed by atoms with E-state index in [0.717, 1.165) is 17.8 Å². The monoisotopic (exact) mass is 397 g/mol. The lowest BCUT2D eigenvalue weighted by Gasteiger charge is -2.26. The molecule has 0 unspecified atom stereocenters. The lowest BCUT2D eigenvalue weighted by Crippen LogP contribution is -2.42. The van der Waals surface area contributed by atoms with Crippen LogP contribution in [0.4, 0.5) is 14.7 Å². The first kappa shape index (κ1) is 21.4. The van der Waals surface area contributed by atoms with Crippen molar-refractivity contribution in [3.05, 3.63) is 5.01 Å². The summed E-state index contributed by atoms with van der Waals surface area (Å²) in [6, 6.07) is -0.346. The van der Waals surface area contributed by atoms with E-state index in [0.29, 0.717) is 30.7 Å². The van der Waals surface area contributed by atoms with Gasteiger partial charge >= 0.3 is 12.1 Å². The minimum atomic E-state index is -0.539. The Morgan fingerprint density at radius 3 is 2.56 bits per heavy atom. The van der Waals surface area contributed by atoms with Crippen molar-refractivity contribution in [2.75, 3.05) is 25.0 Å². The number of nitrogens with zero attached hydrogens (tertiary/aromatic N) is 3. The predicted octanol–water partition coefficient (Wildman–Crippen LogP) is 3.96. The largest absolute Gasteiger partial charge is 0.444 e. The Kier molecular flexibility index (Phi) is 7.82. The number of amides is 3. The summed E-state index contributed by atoms with van der Waals surface area (Å²) in [6.45, 7) is 8.57. The SMILES string of the molecule is CCN(CCNC(=O)Nc1nnc(C2CCCCC2)s1)C(=O)OC(C)(C)C. The van der Waals surface area contributed by atoms with Gasteiger partial charge in [0, 0.05) is 25.6 Å². The van der Waals surface area contributed by atoms with Gasteiger partial charge in [-0.05, 0) is 40.5 Å². The second-order valence-corrected chi connectivity index (χ2v) is 8.73. The first-order chi connectivity index (χ1) is 12.8. The zero-order valence-corrected chi connectivity index (χ0v) is 17.5. The van der Waals surface area contributed by atoms with E-state index >= 15 is 0 Å². The van der Waals surface area contributed by atoms with Crippen molar-refractivity contribution in [2.24, 2.45) is 0 Å². The van der Waals surface area contributed by atoms with E-state index in [2.05, 4.69) is 20.8 Å². The summed E-state index contributed by atoms with van der Waals surface area (Å²) >= 11 is 1.44. The summed E-state index contributed by atoms with van der Waals surface area (Å²) in [5.74, 6) is 0.474. The molecule has 1 saturated carbocycles. The molecular formula is C18H31N5O3S.